The van der Waals surface area contributed by atoms with E-state index in [-0.39, 0.29) is 0 Å². The topological polar surface area (TPSA) is 40.5 Å². The molecular weight excluding hydrogens is 190 g/mol. The number of carboxylic acid groups (broad SMARTS) is 1. The van der Waals surface area contributed by atoms with Crippen molar-refractivity contribution >= 4 is 5.97 Å². The van der Waals surface area contributed by atoms with Crippen molar-refractivity contribution in [3.63, 3.8) is 0 Å². The lowest BCUT2D eigenvalue weighted by Gasteiger charge is -2.44. The molecule has 88 valence electrons. The Morgan fingerprint density at radius 3 is 2.20 bits per heavy atom. The molecule has 0 spiro atoms. The summed E-state index contributed by atoms with van der Waals surface area (Å²) in [5.74, 6) is 0.532. The van der Waals surface area contributed by atoms with Gasteiger partial charge in [-0.2, -0.15) is 0 Å². The van der Waals surface area contributed by atoms with Gasteiger partial charge in [-0.1, -0.05) is 20.8 Å². The summed E-state index contributed by atoms with van der Waals surface area (Å²) in [6.45, 7) is 10.1. The molecule has 1 N–H and O–H groups in total. The van der Waals surface area contributed by atoms with E-state index in [1.165, 1.54) is 6.42 Å². The van der Waals surface area contributed by atoms with Crippen LogP contribution in [0.3, 0.4) is 0 Å². The number of carboxylic acids is 1. The van der Waals surface area contributed by atoms with E-state index in [4.69, 9.17) is 0 Å². The summed E-state index contributed by atoms with van der Waals surface area (Å²) in [5.41, 5.74) is -0.678. The summed E-state index contributed by atoms with van der Waals surface area (Å²) >= 11 is 0. The molecule has 0 aromatic rings. The third-order valence-corrected chi connectivity index (χ3v) is 3.72. The van der Waals surface area contributed by atoms with Crippen LogP contribution < -0.4 is 0 Å². The van der Waals surface area contributed by atoms with E-state index >= 15 is 0 Å². The third-order valence-electron chi connectivity index (χ3n) is 3.72. The maximum atomic E-state index is 11.3. The molecule has 0 aliphatic carbocycles. The number of nitrogens with zero attached hydrogens (tertiary/aromatic N) is 1. The van der Waals surface area contributed by atoms with Crippen LogP contribution in [-0.4, -0.2) is 34.6 Å². The predicted octanol–water partition coefficient (Wildman–Crippen LogP) is 2.22. The molecule has 0 unspecified atom stereocenters. The number of hydrogen-bond donors (Lipinski definition) is 1. The van der Waals surface area contributed by atoms with Crippen LogP contribution in [-0.2, 0) is 4.79 Å². The zero-order valence-electron chi connectivity index (χ0n) is 10.3. The second-order valence-electron chi connectivity index (χ2n) is 5.28. The van der Waals surface area contributed by atoms with Crippen molar-refractivity contribution in [3.05, 3.63) is 0 Å². The molecule has 1 heterocycles. The van der Waals surface area contributed by atoms with Crippen molar-refractivity contribution in [1.29, 1.82) is 0 Å². The minimum absolute atomic E-state index is 0.610. The molecule has 0 aromatic heterocycles. The maximum absolute atomic E-state index is 11.3. The highest BCUT2D eigenvalue weighted by atomic mass is 16.4. The van der Waals surface area contributed by atoms with Gasteiger partial charge < -0.3 is 5.11 Å². The van der Waals surface area contributed by atoms with Crippen molar-refractivity contribution < 1.29 is 9.90 Å². The minimum atomic E-state index is -0.689. The van der Waals surface area contributed by atoms with Gasteiger partial charge in [-0.25, -0.2) is 0 Å². The van der Waals surface area contributed by atoms with Gasteiger partial charge in [0.05, 0.1) is 0 Å². The van der Waals surface area contributed by atoms with E-state index in [9.17, 15) is 9.90 Å². The molecule has 1 aliphatic heterocycles. The Labute approximate surface area is 92.5 Å². The summed E-state index contributed by atoms with van der Waals surface area (Å²) in [4.78, 5) is 13.5. The largest absolute Gasteiger partial charge is 0.480 e. The molecule has 1 saturated heterocycles. The lowest BCUT2D eigenvalue weighted by Crippen LogP contribution is -2.56. The van der Waals surface area contributed by atoms with Crippen molar-refractivity contribution in [2.45, 2.75) is 46.1 Å². The lowest BCUT2D eigenvalue weighted by atomic mass is 9.86. The van der Waals surface area contributed by atoms with Gasteiger partial charge in [-0.05, 0) is 31.6 Å². The number of likely N-dealkylation sites (tertiary alicyclic amines) is 1. The van der Waals surface area contributed by atoms with E-state index in [1.807, 2.05) is 13.8 Å². The first-order valence-corrected chi connectivity index (χ1v) is 5.88. The van der Waals surface area contributed by atoms with Gasteiger partial charge in [0.15, 0.2) is 0 Å². The van der Waals surface area contributed by atoms with Crippen LogP contribution in [0.25, 0.3) is 0 Å². The molecule has 3 heteroatoms. The van der Waals surface area contributed by atoms with Crippen LogP contribution in [0, 0.1) is 11.8 Å². The zero-order chi connectivity index (χ0) is 11.6. The number of piperidine rings is 1. The van der Waals surface area contributed by atoms with Crippen LogP contribution in [0.1, 0.15) is 40.5 Å². The smallest absolute Gasteiger partial charge is 0.323 e. The van der Waals surface area contributed by atoms with Crippen molar-refractivity contribution in [3.8, 4) is 0 Å². The zero-order valence-corrected chi connectivity index (χ0v) is 10.3. The number of hydrogen-bond acceptors (Lipinski definition) is 2. The Hall–Kier alpha value is -0.570. The van der Waals surface area contributed by atoms with Gasteiger partial charge in [0.2, 0.25) is 0 Å². The van der Waals surface area contributed by atoms with Crippen LogP contribution in [0.2, 0.25) is 0 Å². The molecule has 0 aromatic carbocycles. The summed E-state index contributed by atoms with van der Waals surface area (Å²) in [6.07, 6.45) is 1.89. The monoisotopic (exact) mass is 213 g/mol. The highest BCUT2D eigenvalue weighted by Crippen LogP contribution is 2.29. The molecule has 1 fully saturated rings. The fourth-order valence-corrected chi connectivity index (χ4v) is 2.58. The first-order chi connectivity index (χ1) is 6.90. The van der Waals surface area contributed by atoms with E-state index in [0.717, 1.165) is 13.1 Å². The highest BCUT2D eigenvalue weighted by Gasteiger charge is 2.40. The fourth-order valence-electron chi connectivity index (χ4n) is 2.58. The Kier molecular flexibility index (Phi) is 3.77. The fraction of sp³-hybridized carbons (Fsp3) is 0.917. The second kappa shape index (κ2) is 4.52. The number of aliphatic carboxylic acids is 1. The first-order valence-electron chi connectivity index (χ1n) is 5.88. The first kappa shape index (κ1) is 12.5. The van der Waals surface area contributed by atoms with E-state index in [0.29, 0.717) is 18.3 Å². The van der Waals surface area contributed by atoms with Gasteiger partial charge in [0.1, 0.15) is 5.54 Å². The predicted molar refractivity (Wildman–Crippen MR) is 60.8 cm³/mol. The van der Waals surface area contributed by atoms with Crippen LogP contribution in [0.15, 0.2) is 0 Å². The summed E-state index contributed by atoms with van der Waals surface area (Å²) in [5, 5.41) is 9.32. The number of carbonyl (C=O) groups is 1. The quantitative estimate of drug-likeness (QED) is 0.781. The standard InChI is InChI=1S/C12H23NO2/c1-5-12(4,11(14)15)13-7-9(2)6-10(3)8-13/h9-10H,5-8H2,1-4H3,(H,14,15)/t9-,10+,12-/m1/s1. The third kappa shape index (κ3) is 2.51. The van der Waals surface area contributed by atoms with Crippen molar-refractivity contribution in [2.24, 2.45) is 11.8 Å². The molecule has 1 aliphatic rings. The Bertz CT molecular complexity index is 232. The normalized spacial score (nSPS) is 32.3. The molecule has 0 saturated carbocycles. The SMILES string of the molecule is CC[C@](C)(C(=O)O)N1C[C@H](C)C[C@H](C)C1. The summed E-state index contributed by atoms with van der Waals surface area (Å²) in [6, 6.07) is 0. The van der Waals surface area contributed by atoms with Gasteiger partial charge in [-0.3, -0.25) is 9.69 Å². The van der Waals surface area contributed by atoms with Crippen LogP contribution in [0.5, 0.6) is 0 Å². The van der Waals surface area contributed by atoms with Crippen LogP contribution in [0.4, 0.5) is 0 Å². The van der Waals surface area contributed by atoms with E-state index in [2.05, 4.69) is 18.7 Å². The highest BCUT2D eigenvalue weighted by molar-refractivity contribution is 5.78. The summed E-state index contributed by atoms with van der Waals surface area (Å²) < 4.78 is 0. The molecule has 3 atom stereocenters. The van der Waals surface area contributed by atoms with Crippen molar-refractivity contribution in [1.82, 2.24) is 4.90 Å². The van der Waals surface area contributed by atoms with Gasteiger partial charge in [0.25, 0.3) is 0 Å². The Balaban J connectivity index is 2.80. The molecule has 3 nitrogen and oxygen atoms in total. The molecule has 1 rings (SSSR count). The molecule has 15 heavy (non-hydrogen) atoms. The molecule has 0 radical (unpaired) electrons. The lowest BCUT2D eigenvalue weighted by molar-refractivity contribution is -0.152. The molecule has 0 amide bonds. The maximum Gasteiger partial charge on any atom is 0.323 e. The van der Waals surface area contributed by atoms with Gasteiger partial charge in [0, 0.05) is 13.1 Å². The van der Waals surface area contributed by atoms with Gasteiger partial charge in [-0.15, -0.1) is 0 Å². The molecule has 0 bridgehead atoms. The Morgan fingerprint density at radius 2 is 1.87 bits per heavy atom. The van der Waals surface area contributed by atoms with Crippen molar-refractivity contribution in [2.75, 3.05) is 13.1 Å². The number of rotatable bonds is 3. The van der Waals surface area contributed by atoms with Crippen LogP contribution >= 0.6 is 0 Å². The molecular formula is C12H23NO2. The summed E-state index contributed by atoms with van der Waals surface area (Å²) in [7, 11) is 0. The van der Waals surface area contributed by atoms with Gasteiger partial charge >= 0.3 is 5.97 Å². The minimum Gasteiger partial charge on any atom is -0.480 e. The van der Waals surface area contributed by atoms with E-state index in [1.54, 1.807) is 0 Å². The average Bonchev–Trinajstić information content (AvgIpc) is 2.14. The van der Waals surface area contributed by atoms with E-state index < -0.39 is 11.5 Å². The second-order valence-corrected chi connectivity index (χ2v) is 5.28. The average molecular weight is 213 g/mol. The Morgan fingerprint density at radius 1 is 1.40 bits per heavy atom.